The predicted octanol–water partition coefficient (Wildman–Crippen LogP) is 12.0. The number of nitrogens with zero attached hydrogens (tertiary/aromatic N) is 6. The first-order chi connectivity index (χ1) is 28.1. The Labute approximate surface area is 358 Å². The van der Waals surface area contributed by atoms with Crippen molar-refractivity contribution in [3.8, 4) is 5.82 Å². The molecule has 0 spiro atoms. The van der Waals surface area contributed by atoms with Crippen molar-refractivity contribution in [2.24, 2.45) is 0 Å². The molecule has 7 aromatic rings. The molecule has 19 heteroatoms. The summed E-state index contributed by atoms with van der Waals surface area (Å²) < 4.78 is 90.2. The lowest BCUT2D eigenvalue weighted by Crippen LogP contribution is -2.05. The van der Waals surface area contributed by atoms with Crippen LogP contribution in [0, 0.1) is 0 Å². The van der Waals surface area contributed by atoms with Gasteiger partial charge in [-0.15, -0.1) is 0 Å². The van der Waals surface area contributed by atoms with Crippen molar-refractivity contribution in [3.05, 3.63) is 133 Å². The van der Waals surface area contributed by atoms with E-state index in [0.717, 1.165) is 40.5 Å². The first kappa shape index (κ1) is 41.7. The average molecular weight is 1030 g/mol. The van der Waals surface area contributed by atoms with Crippen LogP contribution in [-0.2, 0) is 12.4 Å². The third kappa shape index (κ3) is 12.5. The van der Waals surface area contributed by atoms with Gasteiger partial charge < -0.3 is 21.7 Å². The number of nitrogen functional groups attached to an aromatic ring is 1. The lowest BCUT2D eigenvalue weighted by atomic mass is 10.2. The fourth-order valence-corrected chi connectivity index (χ4v) is 5.47. The second-order valence-corrected chi connectivity index (χ2v) is 11.9. The number of anilines is 7. The molecular formula is C38H34F6I2N10S. The standard InChI is InChI=1S/C19H14F3N5S.C17H14F3N5.2CH3I/c1-28-18-25-14-4-2-3-5-15(14)27(18)17-11-23-10-16(26-17)24-13-8-6-12(7-9-13)19(20,21)22;18-17(19,20)11-5-7-12(8-6-11)23-15-9-22-10-16(25-15)24-14-4-2-1-3-13(14)21;2*1-2/h2-11H,1H3,(H,24,26);1-10H,21H2,(H2,23,24,25);2*1H3/i;;1TD;. The number of thioether (sulfide) groups is 1. The zero-order valence-electron chi connectivity index (χ0n) is 31.8. The van der Waals surface area contributed by atoms with E-state index in [1.54, 1.807) is 40.9 Å². The van der Waals surface area contributed by atoms with Crippen LogP contribution in [0.2, 0.25) is 0 Å². The molecular weight excluding hydrogens is 996 g/mol. The van der Waals surface area contributed by atoms with Gasteiger partial charge in [-0.25, -0.2) is 15.0 Å². The Hall–Kier alpha value is -4.90. The van der Waals surface area contributed by atoms with Crippen molar-refractivity contribution in [1.82, 2.24) is 29.5 Å². The summed E-state index contributed by atoms with van der Waals surface area (Å²) in [6.07, 6.45) is -0.686. The van der Waals surface area contributed by atoms with E-state index in [2.05, 4.69) is 63.5 Å². The van der Waals surface area contributed by atoms with Gasteiger partial charge in [-0.2, -0.15) is 26.3 Å². The Bertz CT molecular complexity index is 2390. The van der Waals surface area contributed by atoms with E-state index in [0.29, 0.717) is 46.0 Å². The molecule has 0 aliphatic rings. The van der Waals surface area contributed by atoms with Gasteiger partial charge in [-0.05, 0) is 88.9 Å². The Morgan fingerprint density at radius 2 is 1.16 bits per heavy atom. The van der Waals surface area contributed by atoms with Crippen molar-refractivity contribution in [2.45, 2.75) is 17.5 Å². The smallest absolute Gasteiger partial charge is 0.397 e. The van der Waals surface area contributed by atoms with Gasteiger partial charge in [0.1, 0.15) is 0 Å². The molecule has 0 radical (unpaired) electrons. The van der Waals surface area contributed by atoms with Crippen molar-refractivity contribution < 1.29 is 29.1 Å². The highest BCUT2D eigenvalue weighted by molar-refractivity contribution is 14.1. The van der Waals surface area contributed by atoms with Crippen LogP contribution in [-0.4, -0.2) is 45.6 Å². The third-order valence-corrected chi connectivity index (χ3v) is 8.03. The molecule has 298 valence electrons. The number of halogens is 8. The lowest BCUT2D eigenvalue weighted by molar-refractivity contribution is -0.138. The van der Waals surface area contributed by atoms with Crippen LogP contribution < -0.4 is 21.7 Å². The third-order valence-electron chi connectivity index (χ3n) is 7.39. The van der Waals surface area contributed by atoms with Crippen molar-refractivity contribution >= 4 is 108 Å². The van der Waals surface area contributed by atoms with E-state index in [-0.39, 0.29) is 0 Å². The van der Waals surface area contributed by atoms with Gasteiger partial charge in [0.05, 0.1) is 58.3 Å². The summed E-state index contributed by atoms with van der Waals surface area (Å²) >= 11 is 5.31. The van der Waals surface area contributed by atoms with Gasteiger partial charge in [-0.1, -0.05) is 81.2 Å². The van der Waals surface area contributed by atoms with Gasteiger partial charge in [0.2, 0.25) is 0 Å². The first-order valence-corrected chi connectivity index (χ1v) is 20.8. The molecule has 3 aromatic heterocycles. The summed E-state index contributed by atoms with van der Waals surface area (Å²) in [4.78, 5) is 23.0. The molecule has 0 fully saturated rings. The minimum Gasteiger partial charge on any atom is -0.397 e. The van der Waals surface area contributed by atoms with Crippen LogP contribution in [0.1, 0.15) is 13.9 Å². The summed E-state index contributed by atoms with van der Waals surface area (Å²) in [6.45, 7) is 0. The maximum atomic E-state index is 12.7. The summed E-state index contributed by atoms with van der Waals surface area (Å²) in [5.41, 5.74) is 8.39. The highest BCUT2D eigenvalue weighted by Crippen LogP contribution is 2.32. The predicted molar refractivity (Wildman–Crippen MR) is 234 cm³/mol. The minimum absolute atomic E-state index is 0.388. The Morgan fingerprint density at radius 3 is 1.68 bits per heavy atom. The van der Waals surface area contributed by atoms with E-state index in [9.17, 15) is 26.3 Å². The number of fused-ring (bicyclic) bond motifs is 1. The minimum atomic E-state index is -4.37. The molecule has 0 aliphatic carbocycles. The number of nitrogens with two attached hydrogens (primary N) is 1. The number of rotatable bonds is 8. The molecule has 3 heterocycles. The van der Waals surface area contributed by atoms with Crippen LogP contribution in [0.25, 0.3) is 16.9 Å². The lowest BCUT2D eigenvalue weighted by Gasteiger charge is -2.11. The number of alkyl halides is 8. The molecule has 0 saturated heterocycles. The van der Waals surface area contributed by atoms with Crippen LogP contribution in [0.4, 0.5) is 66.5 Å². The largest absolute Gasteiger partial charge is 0.416 e. The van der Waals surface area contributed by atoms with E-state index in [4.69, 9.17) is 8.48 Å². The number of hydrogen-bond donors (Lipinski definition) is 4. The number of para-hydroxylation sites is 4. The second kappa shape index (κ2) is 21.0. The fourth-order valence-electron chi connectivity index (χ4n) is 4.90. The summed E-state index contributed by atoms with van der Waals surface area (Å²) in [6, 6.07) is 24.3. The Morgan fingerprint density at radius 1 is 0.684 bits per heavy atom. The van der Waals surface area contributed by atoms with Gasteiger partial charge in [0, 0.05) is 14.1 Å². The number of benzene rings is 4. The van der Waals surface area contributed by atoms with Gasteiger partial charge in [0.15, 0.2) is 28.4 Å². The fraction of sp³-hybridized carbons (Fsp3) is 0.132. The van der Waals surface area contributed by atoms with E-state index < -0.39 is 28.4 Å². The van der Waals surface area contributed by atoms with E-state index in [1.807, 2.05) is 52.2 Å². The normalized spacial score (nSPS) is 11.9. The number of hydrogen-bond acceptors (Lipinski definition) is 10. The van der Waals surface area contributed by atoms with Crippen LogP contribution in [0.3, 0.4) is 0 Å². The molecule has 0 saturated carbocycles. The molecule has 4 aromatic carbocycles. The van der Waals surface area contributed by atoms with Gasteiger partial charge in [-0.3, -0.25) is 14.5 Å². The molecule has 10 nitrogen and oxygen atoms in total. The maximum absolute atomic E-state index is 12.7. The number of imidazole rings is 1. The average Bonchev–Trinajstić information content (AvgIpc) is 3.59. The van der Waals surface area contributed by atoms with Crippen molar-refractivity contribution in [2.75, 3.05) is 37.8 Å². The maximum Gasteiger partial charge on any atom is 0.416 e. The van der Waals surface area contributed by atoms with Gasteiger partial charge in [0.25, 0.3) is 0 Å². The second-order valence-electron chi connectivity index (χ2n) is 11.1. The summed E-state index contributed by atoms with van der Waals surface area (Å²) in [7, 11) is 0. The highest BCUT2D eigenvalue weighted by atomic mass is 127. The zero-order valence-corrected chi connectivity index (χ0v) is 34.9. The van der Waals surface area contributed by atoms with Crippen LogP contribution in [0.15, 0.2) is 127 Å². The number of aromatic nitrogens is 6. The molecule has 7 rings (SSSR count). The summed E-state index contributed by atoms with van der Waals surface area (Å²) in [5, 5.41) is 9.71. The molecule has 57 heavy (non-hydrogen) atoms. The Balaban J connectivity index is 0.000000231. The van der Waals surface area contributed by atoms with E-state index >= 15 is 0 Å². The van der Waals surface area contributed by atoms with Crippen molar-refractivity contribution in [1.29, 1.82) is 0 Å². The molecule has 0 aliphatic heterocycles. The first-order valence-electron chi connectivity index (χ1n) is 17.3. The summed E-state index contributed by atoms with van der Waals surface area (Å²) in [5.74, 6) is 1.83. The highest BCUT2D eigenvalue weighted by Gasteiger charge is 2.30. The topological polar surface area (TPSA) is 131 Å². The number of nitrogens with one attached hydrogen (secondary N) is 3. The monoisotopic (exact) mass is 1030 g/mol. The molecule has 1 atom stereocenters. The molecule has 0 bridgehead atoms. The van der Waals surface area contributed by atoms with Gasteiger partial charge >= 0.3 is 12.4 Å². The zero-order chi connectivity index (χ0) is 43.2. The quantitative estimate of drug-likeness (QED) is 0.0384. The molecule has 0 amide bonds. The van der Waals surface area contributed by atoms with Crippen molar-refractivity contribution in [3.63, 3.8) is 0 Å². The van der Waals surface area contributed by atoms with Crippen LogP contribution >= 0.6 is 56.9 Å². The Kier molecular flexibility index (Phi) is 15.4. The van der Waals surface area contributed by atoms with Crippen LogP contribution in [0.5, 0.6) is 0 Å². The van der Waals surface area contributed by atoms with E-state index in [1.165, 1.54) is 54.6 Å². The SMILES string of the molecule is CI.CSc1nc2ccccc2n1-c1cncc(Nc2ccc(C(F)(F)F)cc2)n1.Nc1ccccc1Nc1cncc(Nc2ccc(C(F)(F)F)cc2)n1.[2H]C([3H])I. The molecule has 5 N–H and O–H groups in total. The molecule has 1 unspecified atom stereocenters.